The van der Waals surface area contributed by atoms with E-state index in [9.17, 15) is 9.59 Å². The number of alkyl carbamates (subject to hydrolysis) is 2. The van der Waals surface area contributed by atoms with Crippen LogP contribution < -0.4 is 10.6 Å². The van der Waals surface area contributed by atoms with E-state index in [0.29, 0.717) is 11.8 Å². The van der Waals surface area contributed by atoms with Crippen LogP contribution in [0.15, 0.2) is 25.3 Å². The maximum absolute atomic E-state index is 11.5. The molecule has 6 nitrogen and oxygen atoms in total. The number of allylic oxidation sites excluding steroid dienone is 2. The Bertz CT molecular complexity index is 548. The van der Waals surface area contributed by atoms with Gasteiger partial charge in [-0.1, -0.05) is 12.2 Å². The Morgan fingerprint density at radius 3 is 1.16 bits per heavy atom. The van der Waals surface area contributed by atoms with Crippen molar-refractivity contribution in [3.63, 3.8) is 0 Å². The van der Waals surface area contributed by atoms with E-state index < -0.39 is 11.2 Å². The monoisotopic (exact) mass is 450 g/mol. The van der Waals surface area contributed by atoms with Crippen LogP contribution in [0.2, 0.25) is 0 Å². The molecule has 0 saturated heterocycles. The first-order chi connectivity index (χ1) is 14.8. The molecule has 2 amide bonds. The second kappa shape index (κ2) is 12.9. The molecular formula is C26H46N2O4. The Balaban J connectivity index is 0.000000320. The third kappa shape index (κ3) is 12.8. The summed E-state index contributed by atoms with van der Waals surface area (Å²) in [5, 5.41) is 5.85. The fourth-order valence-corrected chi connectivity index (χ4v) is 3.95. The van der Waals surface area contributed by atoms with Gasteiger partial charge >= 0.3 is 12.2 Å². The largest absolute Gasteiger partial charge is 0.444 e. The van der Waals surface area contributed by atoms with E-state index >= 15 is 0 Å². The minimum absolute atomic E-state index is 0.269. The number of nitrogens with one attached hydrogen (secondary N) is 2. The zero-order valence-electron chi connectivity index (χ0n) is 21.2. The molecule has 0 spiro atoms. The zero-order chi connectivity index (χ0) is 24.4. The van der Waals surface area contributed by atoms with Gasteiger partial charge < -0.3 is 20.1 Å². The van der Waals surface area contributed by atoms with Gasteiger partial charge in [-0.25, -0.2) is 9.59 Å². The molecule has 0 unspecified atom stereocenters. The first-order valence-electron chi connectivity index (χ1n) is 12.1. The molecule has 0 aromatic carbocycles. The van der Waals surface area contributed by atoms with Gasteiger partial charge in [-0.3, -0.25) is 0 Å². The summed E-state index contributed by atoms with van der Waals surface area (Å²) < 4.78 is 10.4. The number of carbonyl (C=O) groups excluding carboxylic acids is 2. The molecule has 2 aliphatic rings. The summed E-state index contributed by atoms with van der Waals surface area (Å²) in [5.41, 5.74) is -0.829. The average Bonchev–Trinajstić information content (AvgIpc) is 2.66. The van der Waals surface area contributed by atoms with E-state index in [1.807, 2.05) is 53.7 Å². The lowest BCUT2D eigenvalue weighted by molar-refractivity contribution is 0.0478. The highest BCUT2D eigenvalue weighted by Gasteiger charge is 2.24. The minimum Gasteiger partial charge on any atom is -0.444 e. The molecule has 0 aromatic rings. The van der Waals surface area contributed by atoms with Gasteiger partial charge in [-0.2, -0.15) is 0 Å². The number of carbonyl (C=O) groups is 2. The second-order valence-corrected chi connectivity index (χ2v) is 11.0. The predicted octanol–water partition coefficient (Wildman–Crippen LogP) is 6.51. The number of hydrogen-bond acceptors (Lipinski definition) is 4. The van der Waals surface area contributed by atoms with Crippen molar-refractivity contribution >= 4 is 12.2 Å². The minimum atomic E-state index is -0.414. The first-order valence-corrected chi connectivity index (χ1v) is 12.1. The maximum atomic E-state index is 11.5. The van der Waals surface area contributed by atoms with Crippen molar-refractivity contribution in [2.45, 2.75) is 116 Å². The number of hydrogen-bond donors (Lipinski definition) is 2. The molecule has 0 heterocycles. The topological polar surface area (TPSA) is 76.7 Å². The van der Waals surface area contributed by atoms with Crippen molar-refractivity contribution in [3.05, 3.63) is 25.3 Å². The normalized spacial score (nSPS) is 25.9. The predicted molar refractivity (Wildman–Crippen MR) is 131 cm³/mol. The van der Waals surface area contributed by atoms with Gasteiger partial charge in [0.05, 0.1) is 0 Å². The molecular weight excluding hydrogens is 404 g/mol. The lowest BCUT2D eigenvalue weighted by Crippen LogP contribution is -2.40. The zero-order valence-corrected chi connectivity index (χ0v) is 21.2. The molecule has 0 aliphatic heterocycles. The van der Waals surface area contributed by atoms with Crippen LogP contribution >= 0.6 is 0 Å². The lowest BCUT2D eigenvalue weighted by atomic mass is 9.86. The smallest absolute Gasteiger partial charge is 0.407 e. The fourth-order valence-electron chi connectivity index (χ4n) is 3.95. The van der Waals surface area contributed by atoms with Gasteiger partial charge in [0.2, 0.25) is 0 Å². The van der Waals surface area contributed by atoms with Crippen LogP contribution in [0.25, 0.3) is 0 Å². The molecule has 2 saturated carbocycles. The molecule has 6 heteroatoms. The van der Waals surface area contributed by atoms with Crippen LogP contribution in [-0.2, 0) is 9.47 Å². The summed E-state index contributed by atoms with van der Waals surface area (Å²) in [6.07, 6.45) is 12.0. The molecule has 0 aromatic heterocycles. The standard InChI is InChI=1S/2C13H23NO2/c2*1-5-10-6-8-11(9-7-10)14-12(15)16-13(2,3)4/h2*5,10-11H,1,6-9H2,2-4H3,(H,14,15). The molecule has 184 valence electrons. The summed E-state index contributed by atoms with van der Waals surface area (Å²) in [4.78, 5) is 23.0. The summed E-state index contributed by atoms with van der Waals surface area (Å²) in [6, 6.07) is 0.539. The Hall–Kier alpha value is -1.98. The number of amides is 2. The van der Waals surface area contributed by atoms with Crippen molar-refractivity contribution in [1.29, 1.82) is 0 Å². The van der Waals surface area contributed by atoms with Gasteiger partial charge in [-0.15, -0.1) is 13.2 Å². The van der Waals surface area contributed by atoms with Crippen molar-refractivity contribution in [1.82, 2.24) is 10.6 Å². The highest BCUT2D eigenvalue weighted by molar-refractivity contribution is 5.68. The van der Waals surface area contributed by atoms with Crippen molar-refractivity contribution in [3.8, 4) is 0 Å². The maximum Gasteiger partial charge on any atom is 0.407 e. The summed E-state index contributed by atoms with van der Waals surface area (Å²) in [5.74, 6) is 1.24. The summed E-state index contributed by atoms with van der Waals surface area (Å²) in [7, 11) is 0. The van der Waals surface area contributed by atoms with Gasteiger partial charge in [-0.05, 0) is 105 Å². The molecule has 32 heavy (non-hydrogen) atoms. The van der Waals surface area contributed by atoms with Crippen LogP contribution in [0.1, 0.15) is 92.9 Å². The van der Waals surface area contributed by atoms with E-state index in [1.165, 1.54) is 0 Å². The molecule has 2 fully saturated rings. The van der Waals surface area contributed by atoms with Gasteiger partial charge in [0.15, 0.2) is 0 Å². The van der Waals surface area contributed by atoms with Crippen LogP contribution in [0.3, 0.4) is 0 Å². The molecule has 0 atom stereocenters. The summed E-state index contributed by atoms with van der Waals surface area (Å²) in [6.45, 7) is 18.9. The molecule has 0 radical (unpaired) electrons. The van der Waals surface area contributed by atoms with E-state index in [1.54, 1.807) is 0 Å². The van der Waals surface area contributed by atoms with Crippen molar-refractivity contribution < 1.29 is 19.1 Å². The van der Waals surface area contributed by atoms with Crippen LogP contribution in [0.5, 0.6) is 0 Å². The second-order valence-electron chi connectivity index (χ2n) is 11.0. The SMILES string of the molecule is C=CC1CCC(NC(=O)OC(C)(C)C)CC1.C=CC1CCC(NC(=O)OC(C)(C)C)CC1. The quantitative estimate of drug-likeness (QED) is 0.479. The summed E-state index contributed by atoms with van der Waals surface area (Å²) >= 11 is 0. The highest BCUT2D eigenvalue weighted by atomic mass is 16.6. The highest BCUT2D eigenvalue weighted by Crippen LogP contribution is 2.26. The van der Waals surface area contributed by atoms with Crippen molar-refractivity contribution in [2.75, 3.05) is 0 Å². The van der Waals surface area contributed by atoms with Gasteiger partial charge in [0.25, 0.3) is 0 Å². The van der Waals surface area contributed by atoms with Crippen LogP contribution in [0, 0.1) is 11.8 Å². The van der Waals surface area contributed by atoms with Crippen LogP contribution in [0.4, 0.5) is 9.59 Å². The Labute approximate surface area is 195 Å². The Morgan fingerprint density at radius 1 is 0.656 bits per heavy atom. The molecule has 0 bridgehead atoms. The number of rotatable bonds is 4. The Kier molecular flexibility index (Phi) is 11.3. The van der Waals surface area contributed by atoms with Gasteiger partial charge in [0.1, 0.15) is 11.2 Å². The van der Waals surface area contributed by atoms with E-state index in [0.717, 1.165) is 51.4 Å². The third-order valence-electron chi connectivity index (χ3n) is 5.65. The van der Waals surface area contributed by atoms with Crippen molar-refractivity contribution in [2.24, 2.45) is 11.8 Å². The molecule has 2 N–H and O–H groups in total. The van der Waals surface area contributed by atoms with E-state index in [-0.39, 0.29) is 24.3 Å². The molecule has 2 rings (SSSR count). The fraction of sp³-hybridized carbons (Fsp3) is 0.769. The Morgan fingerprint density at radius 2 is 0.938 bits per heavy atom. The first kappa shape index (κ1) is 28.1. The average molecular weight is 451 g/mol. The lowest BCUT2D eigenvalue weighted by Gasteiger charge is -2.28. The van der Waals surface area contributed by atoms with E-state index in [2.05, 4.69) is 23.8 Å². The molecule has 2 aliphatic carbocycles. The third-order valence-corrected chi connectivity index (χ3v) is 5.65. The van der Waals surface area contributed by atoms with Crippen LogP contribution in [-0.4, -0.2) is 35.5 Å². The van der Waals surface area contributed by atoms with E-state index in [4.69, 9.17) is 9.47 Å². The number of ether oxygens (including phenoxy) is 2. The van der Waals surface area contributed by atoms with Gasteiger partial charge in [0, 0.05) is 12.1 Å².